The molecule has 0 saturated heterocycles. The minimum atomic E-state index is -0.787. The van der Waals surface area contributed by atoms with Crippen molar-refractivity contribution in [3.8, 4) is 0 Å². The van der Waals surface area contributed by atoms with E-state index >= 15 is 0 Å². The Morgan fingerprint density at radius 1 is 1.33 bits per heavy atom. The molecule has 1 rings (SSSR count). The summed E-state index contributed by atoms with van der Waals surface area (Å²) in [6.07, 6.45) is 1.34. The first-order valence-electron chi connectivity index (χ1n) is 4.40. The first kappa shape index (κ1) is 11.4. The van der Waals surface area contributed by atoms with E-state index in [1.165, 1.54) is 12.1 Å². The Labute approximate surface area is 86.6 Å². The third-order valence-electron chi connectivity index (χ3n) is 1.61. The summed E-state index contributed by atoms with van der Waals surface area (Å²) in [6, 6.07) is 2.99. The highest BCUT2D eigenvalue weighted by molar-refractivity contribution is 5.99. The highest BCUT2D eigenvalue weighted by Gasteiger charge is 2.05. The van der Waals surface area contributed by atoms with E-state index in [1.807, 2.05) is 0 Å². The van der Waals surface area contributed by atoms with Gasteiger partial charge in [0.05, 0.1) is 5.69 Å². The Morgan fingerprint density at radius 3 is 2.53 bits per heavy atom. The van der Waals surface area contributed by atoms with E-state index in [4.69, 9.17) is 0 Å². The van der Waals surface area contributed by atoms with Crippen molar-refractivity contribution in [1.29, 1.82) is 0 Å². The summed E-state index contributed by atoms with van der Waals surface area (Å²) >= 11 is 0. The molecule has 1 amide bonds. The smallest absolute Gasteiger partial charge is 0.248 e. The first-order valence-corrected chi connectivity index (χ1v) is 4.40. The number of hydrogen-bond donors (Lipinski definition) is 1. The van der Waals surface area contributed by atoms with Crippen molar-refractivity contribution in [2.24, 2.45) is 0 Å². The molecule has 0 aliphatic rings. The number of carbonyl (C=O) groups excluding carboxylic acids is 1. The van der Waals surface area contributed by atoms with Crippen LogP contribution in [0.3, 0.4) is 0 Å². The fraction of sp³-hybridized carbons (Fsp3) is 0.182. The topological polar surface area (TPSA) is 29.1 Å². The number of amides is 1. The lowest BCUT2D eigenvalue weighted by molar-refractivity contribution is -0.112. The van der Waals surface area contributed by atoms with Gasteiger partial charge in [0.25, 0.3) is 0 Å². The van der Waals surface area contributed by atoms with Crippen molar-refractivity contribution in [2.75, 3.05) is 5.32 Å². The molecule has 15 heavy (non-hydrogen) atoms. The molecule has 4 heteroatoms. The number of halogens is 2. The van der Waals surface area contributed by atoms with Gasteiger partial charge in [0.1, 0.15) is 11.6 Å². The van der Waals surface area contributed by atoms with Crippen LogP contribution in [0, 0.1) is 11.6 Å². The van der Waals surface area contributed by atoms with Crippen LogP contribution in [0.5, 0.6) is 0 Å². The van der Waals surface area contributed by atoms with Crippen molar-refractivity contribution in [3.63, 3.8) is 0 Å². The molecule has 0 aromatic heterocycles. The molecular weight excluding hydrogens is 200 g/mol. The molecule has 0 aliphatic carbocycles. The summed E-state index contributed by atoms with van der Waals surface area (Å²) < 4.78 is 25.6. The molecule has 0 saturated carbocycles. The maximum Gasteiger partial charge on any atom is 0.248 e. The quantitative estimate of drug-likeness (QED) is 0.749. The number of anilines is 1. The van der Waals surface area contributed by atoms with Gasteiger partial charge < -0.3 is 5.32 Å². The third kappa shape index (κ3) is 3.50. The van der Waals surface area contributed by atoms with Gasteiger partial charge in [-0.1, -0.05) is 5.57 Å². The van der Waals surface area contributed by atoms with E-state index < -0.39 is 17.5 Å². The van der Waals surface area contributed by atoms with E-state index in [0.29, 0.717) is 0 Å². The molecule has 0 atom stereocenters. The highest BCUT2D eigenvalue weighted by Crippen LogP contribution is 2.14. The van der Waals surface area contributed by atoms with Gasteiger partial charge >= 0.3 is 0 Å². The monoisotopic (exact) mass is 211 g/mol. The number of carbonyl (C=O) groups is 1. The standard InChI is InChI=1S/C11H11F2NO/c1-7(2)5-11(15)14-10-4-3-8(12)6-9(10)13/h3-6H,1-2H3,(H,14,15). The number of rotatable bonds is 2. The van der Waals surface area contributed by atoms with Crippen LogP contribution < -0.4 is 5.32 Å². The van der Waals surface area contributed by atoms with Crippen LogP contribution in [-0.2, 0) is 4.79 Å². The predicted molar refractivity (Wildman–Crippen MR) is 54.4 cm³/mol. The summed E-state index contributed by atoms with van der Waals surface area (Å²) in [5.41, 5.74) is 0.772. The Morgan fingerprint density at radius 2 is 2.00 bits per heavy atom. The molecule has 0 aliphatic heterocycles. The fourth-order valence-electron chi connectivity index (χ4n) is 1.02. The number of nitrogens with one attached hydrogen (secondary N) is 1. The summed E-state index contributed by atoms with van der Waals surface area (Å²) in [5.74, 6) is -1.89. The van der Waals surface area contributed by atoms with E-state index in [1.54, 1.807) is 13.8 Å². The summed E-state index contributed by atoms with van der Waals surface area (Å²) in [5, 5.41) is 2.31. The first-order chi connectivity index (χ1) is 6.99. The lowest BCUT2D eigenvalue weighted by atomic mass is 10.2. The molecule has 0 spiro atoms. The summed E-state index contributed by atoms with van der Waals surface area (Å²) in [6.45, 7) is 3.50. The van der Waals surface area contributed by atoms with E-state index in [-0.39, 0.29) is 5.69 Å². The zero-order valence-corrected chi connectivity index (χ0v) is 8.47. The zero-order chi connectivity index (χ0) is 11.4. The van der Waals surface area contributed by atoms with E-state index in [9.17, 15) is 13.6 Å². The van der Waals surface area contributed by atoms with Gasteiger partial charge in [0.2, 0.25) is 5.91 Å². The second-order valence-corrected chi connectivity index (χ2v) is 3.34. The average molecular weight is 211 g/mol. The predicted octanol–water partition coefficient (Wildman–Crippen LogP) is 2.87. The molecule has 1 aromatic carbocycles. The second kappa shape index (κ2) is 4.68. The Bertz CT molecular complexity index is 409. The molecule has 2 nitrogen and oxygen atoms in total. The zero-order valence-electron chi connectivity index (χ0n) is 8.47. The number of allylic oxidation sites excluding steroid dienone is 1. The largest absolute Gasteiger partial charge is 0.320 e. The van der Waals surface area contributed by atoms with E-state index in [0.717, 1.165) is 17.7 Å². The lowest BCUT2D eigenvalue weighted by Crippen LogP contribution is -2.09. The number of benzene rings is 1. The molecule has 1 N–H and O–H groups in total. The molecule has 0 bridgehead atoms. The van der Waals surface area contributed by atoms with Gasteiger partial charge in [-0.2, -0.15) is 0 Å². The van der Waals surface area contributed by atoms with Gasteiger partial charge in [-0.15, -0.1) is 0 Å². The SMILES string of the molecule is CC(C)=CC(=O)Nc1ccc(F)cc1F. The number of hydrogen-bond acceptors (Lipinski definition) is 1. The average Bonchev–Trinajstić information content (AvgIpc) is 2.08. The van der Waals surface area contributed by atoms with Crippen LogP contribution in [0.2, 0.25) is 0 Å². The Kier molecular flexibility index (Phi) is 3.55. The van der Waals surface area contributed by atoms with Gasteiger partial charge in [-0.3, -0.25) is 4.79 Å². The maximum absolute atomic E-state index is 13.1. The van der Waals surface area contributed by atoms with Gasteiger partial charge in [0, 0.05) is 12.1 Å². The summed E-state index contributed by atoms with van der Waals surface area (Å²) in [4.78, 5) is 11.2. The van der Waals surface area contributed by atoms with Gasteiger partial charge in [0.15, 0.2) is 0 Å². The molecule has 0 unspecified atom stereocenters. The van der Waals surface area contributed by atoms with Crippen LogP contribution in [0.25, 0.3) is 0 Å². The van der Waals surface area contributed by atoms with Gasteiger partial charge in [-0.05, 0) is 26.0 Å². The molecule has 0 radical (unpaired) electrons. The summed E-state index contributed by atoms with van der Waals surface area (Å²) in [7, 11) is 0. The van der Waals surface area contributed by atoms with Crippen LogP contribution >= 0.6 is 0 Å². The molecule has 0 fully saturated rings. The van der Waals surface area contributed by atoms with E-state index in [2.05, 4.69) is 5.32 Å². The fourth-order valence-corrected chi connectivity index (χ4v) is 1.02. The minimum absolute atomic E-state index is 0.0288. The van der Waals surface area contributed by atoms with Gasteiger partial charge in [-0.25, -0.2) is 8.78 Å². The Hall–Kier alpha value is -1.71. The maximum atomic E-state index is 13.1. The molecular formula is C11H11F2NO. The van der Waals surface area contributed by atoms with Crippen molar-refractivity contribution in [2.45, 2.75) is 13.8 Å². The van der Waals surface area contributed by atoms with Crippen LogP contribution in [0.4, 0.5) is 14.5 Å². The highest BCUT2D eigenvalue weighted by atomic mass is 19.1. The second-order valence-electron chi connectivity index (χ2n) is 3.34. The van der Waals surface area contributed by atoms with Crippen molar-refractivity contribution in [1.82, 2.24) is 0 Å². The normalized spacial score (nSPS) is 9.60. The van der Waals surface area contributed by atoms with Crippen molar-refractivity contribution >= 4 is 11.6 Å². The Balaban J connectivity index is 2.82. The minimum Gasteiger partial charge on any atom is -0.320 e. The lowest BCUT2D eigenvalue weighted by Gasteiger charge is -2.03. The van der Waals surface area contributed by atoms with Crippen molar-refractivity contribution < 1.29 is 13.6 Å². The molecule has 1 aromatic rings. The molecule has 80 valence electrons. The van der Waals surface area contributed by atoms with Crippen LogP contribution in [-0.4, -0.2) is 5.91 Å². The van der Waals surface area contributed by atoms with Crippen LogP contribution in [0.15, 0.2) is 29.8 Å². The van der Waals surface area contributed by atoms with Crippen LogP contribution in [0.1, 0.15) is 13.8 Å². The third-order valence-corrected chi connectivity index (χ3v) is 1.61. The molecule has 0 heterocycles. The van der Waals surface area contributed by atoms with Crippen molar-refractivity contribution in [3.05, 3.63) is 41.5 Å².